The SMILES string of the molecule is C=C(C)C(=O)Oc1ccc(-c2ccc(OC(=O)C(=C)C)c(C)c2)c(OC(=O)C(=C)C)c1. The topological polar surface area (TPSA) is 78.9 Å². The lowest BCUT2D eigenvalue weighted by Gasteiger charge is -2.14. The van der Waals surface area contributed by atoms with E-state index in [0.29, 0.717) is 22.4 Å². The first-order valence-corrected chi connectivity index (χ1v) is 9.37. The maximum Gasteiger partial charge on any atom is 0.338 e. The Morgan fingerprint density at radius 3 is 1.71 bits per heavy atom. The van der Waals surface area contributed by atoms with Crippen LogP contribution in [0.15, 0.2) is 72.9 Å². The van der Waals surface area contributed by atoms with Crippen molar-refractivity contribution in [2.45, 2.75) is 27.7 Å². The first kappa shape index (κ1) is 23.3. The average molecular weight is 420 g/mol. The van der Waals surface area contributed by atoms with Gasteiger partial charge in [-0.3, -0.25) is 0 Å². The lowest BCUT2D eigenvalue weighted by Crippen LogP contribution is -2.11. The van der Waals surface area contributed by atoms with Gasteiger partial charge in [0.1, 0.15) is 17.2 Å². The summed E-state index contributed by atoms with van der Waals surface area (Å²) in [5.74, 6) is -0.950. The van der Waals surface area contributed by atoms with E-state index in [1.807, 2.05) is 0 Å². The molecule has 0 N–H and O–H groups in total. The van der Waals surface area contributed by atoms with E-state index >= 15 is 0 Å². The fraction of sp³-hybridized carbons (Fsp3) is 0.160. The molecule has 0 aromatic heterocycles. The summed E-state index contributed by atoms with van der Waals surface area (Å²) in [6.45, 7) is 17.1. The van der Waals surface area contributed by atoms with Crippen LogP contribution in [0.3, 0.4) is 0 Å². The molecule has 2 aromatic rings. The molecule has 6 nitrogen and oxygen atoms in total. The summed E-state index contributed by atoms with van der Waals surface area (Å²) in [6.07, 6.45) is 0. The Morgan fingerprint density at radius 1 is 0.677 bits per heavy atom. The zero-order chi connectivity index (χ0) is 23.3. The third-order valence-corrected chi connectivity index (χ3v) is 4.10. The Hall–Kier alpha value is -3.93. The van der Waals surface area contributed by atoms with Crippen molar-refractivity contribution in [1.82, 2.24) is 0 Å². The van der Waals surface area contributed by atoms with Crippen molar-refractivity contribution in [2.24, 2.45) is 0 Å². The normalized spacial score (nSPS) is 10.1. The number of hydrogen-bond acceptors (Lipinski definition) is 6. The molecule has 0 bridgehead atoms. The van der Waals surface area contributed by atoms with E-state index < -0.39 is 17.9 Å². The third kappa shape index (κ3) is 6.02. The Bertz CT molecular complexity index is 1110. The van der Waals surface area contributed by atoms with Crippen LogP contribution in [0, 0.1) is 6.92 Å². The molecule has 31 heavy (non-hydrogen) atoms. The molecule has 0 saturated heterocycles. The molecule has 0 unspecified atom stereocenters. The average Bonchev–Trinajstić information content (AvgIpc) is 2.69. The van der Waals surface area contributed by atoms with Crippen molar-refractivity contribution in [1.29, 1.82) is 0 Å². The smallest absolute Gasteiger partial charge is 0.338 e. The number of hydrogen-bond donors (Lipinski definition) is 0. The third-order valence-electron chi connectivity index (χ3n) is 4.10. The van der Waals surface area contributed by atoms with Crippen LogP contribution in [0.5, 0.6) is 17.2 Å². The Balaban J connectivity index is 2.47. The van der Waals surface area contributed by atoms with Gasteiger partial charge in [-0.2, -0.15) is 0 Å². The highest BCUT2D eigenvalue weighted by Crippen LogP contribution is 2.36. The van der Waals surface area contributed by atoms with Gasteiger partial charge in [-0.1, -0.05) is 25.8 Å². The Labute approximate surface area is 181 Å². The van der Waals surface area contributed by atoms with Gasteiger partial charge < -0.3 is 14.2 Å². The van der Waals surface area contributed by atoms with E-state index in [-0.39, 0.29) is 28.2 Å². The summed E-state index contributed by atoms with van der Waals surface area (Å²) in [4.78, 5) is 35.8. The zero-order valence-corrected chi connectivity index (χ0v) is 18.0. The number of esters is 3. The number of aryl methyl sites for hydroxylation is 1. The van der Waals surface area contributed by atoms with Crippen molar-refractivity contribution in [3.05, 3.63) is 78.4 Å². The predicted octanol–water partition coefficient (Wildman–Crippen LogP) is 5.11. The van der Waals surface area contributed by atoms with Gasteiger partial charge in [0.25, 0.3) is 0 Å². The van der Waals surface area contributed by atoms with Crippen LogP contribution >= 0.6 is 0 Å². The highest BCUT2D eigenvalue weighted by Gasteiger charge is 2.16. The van der Waals surface area contributed by atoms with Gasteiger partial charge in [0, 0.05) is 28.3 Å². The molecule has 160 valence electrons. The fourth-order valence-corrected chi connectivity index (χ4v) is 2.39. The molecular weight excluding hydrogens is 396 g/mol. The van der Waals surface area contributed by atoms with Gasteiger partial charge in [0.15, 0.2) is 0 Å². The molecule has 2 aromatic carbocycles. The Kier molecular flexibility index (Phi) is 7.32. The van der Waals surface area contributed by atoms with Gasteiger partial charge in [-0.15, -0.1) is 0 Å². The van der Waals surface area contributed by atoms with Gasteiger partial charge in [0.05, 0.1) is 0 Å². The monoisotopic (exact) mass is 420 g/mol. The van der Waals surface area contributed by atoms with Crippen molar-refractivity contribution in [3.63, 3.8) is 0 Å². The summed E-state index contributed by atoms with van der Waals surface area (Å²) in [6, 6.07) is 9.84. The first-order valence-electron chi connectivity index (χ1n) is 9.37. The largest absolute Gasteiger partial charge is 0.423 e. The van der Waals surface area contributed by atoms with Gasteiger partial charge in [-0.05, 0) is 63.1 Å². The maximum absolute atomic E-state index is 12.1. The van der Waals surface area contributed by atoms with Gasteiger partial charge in [0.2, 0.25) is 0 Å². The van der Waals surface area contributed by atoms with E-state index in [4.69, 9.17) is 14.2 Å². The molecule has 0 fully saturated rings. The first-order chi connectivity index (χ1) is 14.5. The molecule has 0 heterocycles. The van der Waals surface area contributed by atoms with E-state index in [1.54, 1.807) is 44.2 Å². The van der Waals surface area contributed by atoms with Crippen LogP contribution in [0.4, 0.5) is 0 Å². The van der Waals surface area contributed by atoms with Crippen LogP contribution < -0.4 is 14.2 Å². The van der Waals surface area contributed by atoms with E-state index in [0.717, 1.165) is 0 Å². The summed E-state index contributed by atoms with van der Waals surface area (Å²) < 4.78 is 16.0. The van der Waals surface area contributed by atoms with Crippen LogP contribution in [-0.4, -0.2) is 17.9 Å². The highest BCUT2D eigenvalue weighted by molar-refractivity contribution is 5.91. The molecule has 0 radical (unpaired) electrons. The molecule has 0 saturated carbocycles. The number of ether oxygens (including phenoxy) is 3. The summed E-state index contributed by atoms with van der Waals surface area (Å²) >= 11 is 0. The number of rotatable bonds is 7. The molecule has 0 amide bonds. The maximum atomic E-state index is 12.1. The standard InChI is InChI=1S/C25H24O6/c1-14(2)23(26)29-19-9-10-20(22(13-19)31-25(28)16(5)6)18-8-11-21(17(7)12-18)30-24(27)15(3)4/h8-13H,1,3,5H2,2,4,6-7H3. The van der Waals surface area contributed by atoms with Crippen molar-refractivity contribution in [2.75, 3.05) is 0 Å². The number of benzene rings is 2. The lowest BCUT2D eigenvalue weighted by atomic mass is 10.0. The molecule has 0 aliphatic heterocycles. The quantitative estimate of drug-likeness (QED) is 0.352. The lowest BCUT2D eigenvalue weighted by molar-refractivity contribution is -0.131. The van der Waals surface area contributed by atoms with Crippen molar-refractivity contribution < 1.29 is 28.6 Å². The Morgan fingerprint density at radius 2 is 1.19 bits per heavy atom. The molecule has 2 rings (SSSR count). The summed E-state index contributed by atoms with van der Waals surface area (Å²) in [5, 5.41) is 0. The second-order valence-corrected chi connectivity index (χ2v) is 7.15. The second kappa shape index (κ2) is 9.71. The fourth-order valence-electron chi connectivity index (χ4n) is 2.39. The molecule has 0 spiro atoms. The van der Waals surface area contributed by atoms with Crippen LogP contribution in [0.2, 0.25) is 0 Å². The van der Waals surface area contributed by atoms with Crippen LogP contribution in [0.25, 0.3) is 11.1 Å². The molecular formula is C25H24O6. The molecule has 0 atom stereocenters. The minimum atomic E-state index is -0.617. The van der Waals surface area contributed by atoms with E-state index in [9.17, 15) is 14.4 Å². The minimum Gasteiger partial charge on any atom is -0.423 e. The number of carbonyl (C=O) groups is 3. The van der Waals surface area contributed by atoms with Crippen LogP contribution in [0.1, 0.15) is 26.3 Å². The molecule has 0 aliphatic rings. The summed E-state index contributed by atoms with van der Waals surface area (Å²) in [5.41, 5.74) is 2.72. The van der Waals surface area contributed by atoms with Gasteiger partial charge in [-0.25, -0.2) is 14.4 Å². The summed E-state index contributed by atoms with van der Waals surface area (Å²) in [7, 11) is 0. The minimum absolute atomic E-state index is 0.186. The van der Waals surface area contributed by atoms with Crippen LogP contribution in [-0.2, 0) is 14.4 Å². The van der Waals surface area contributed by atoms with Crippen molar-refractivity contribution in [3.8, 4) is 28.4 Å². The molecule has 6 heteroatoms. The predicted molar refractivity (Wildman–Crippen MR) is 118 cm³/mol. The number of carbonyl (C=O) groups excluding carboxylic acids is 3. The van der Waals surface area contributed by atoms with E-state index in [2.05, 4.69) is 19.7 Å². The van der Waals surface area contributed by atoms with Crippen molar-refractivity contribution >= 4 is 17.9 Å². The van der Waals surface area contributed by atoms with Gasteiger partial charge >= 0.3 is 17.9 Å². The highest BCUT2D eigenvalue weighted by atomic mass is 16.5. The zero-order valence-electron chi connectivity index (χ0n) is 18.0. The van der Waals surface area contributed by atoms with E-state index in [1.165, 1.54) is 19.9 Å². The molecule has 0 aliphatic carbocycles. The second-order valence-electron chi connectivity index (χ2n) is 7.15.